The van der Waals surface area contributed by atoms with Crippen LogP contribution in [0.2, 0.25) is 0 Å². The molecule has 124 valence electrons. The fraction of sp³-hybridized carbons (Fsp3) is 0.118. The number of methoxy groups -OCH3 is 1. The molecular weight excluding hydrogens is 326 g/mol. The maximum atomic E-state index is 12.7. The van der Waals surface area contributed by atoms with Gasteiger partial charge in [0.1, 0.15) is 5.52 Å². The van der Waals surface area contributed by atoms with Gasteiger partial charge in [-0.25, -0.2) is 4.98 Å². The third kappa shape index (κ3) is 2.90. The van der Waals surface area contributed by atoms with Crippen LogP contribution in [0, 0.1) is 21.4 Å². The highest BCUT2D eigenvalue weighted by Gasteiger charge is 2.28. The first-order valence-electron chi connectivity index (χ1n) is 7.17. The minimum Gasteiger partial charge on any atom is -0.490 e. The molecule has 0 bridgehead atoms. The van der Waals surface area contributed by atoms with Gasteiger partial charge in [-0.15, -0.1) is 0 Å². The Morgan fingerprint density at radius 2 is 2.12 bits per heavy atom. The second-order valence-corrected chi connectivity index (χ2v) is 5.09. The Bertz CT molecular complexity index is 986. The number of oxazole rings is 1. The first-order chi connectivity index (χ1) is 12.0. The Labute approximate surface area is 141 Å². The fourth-order valence-electron chi connectivity index (χ4n) is 2.39. The second kappa shape index (κ2) is 6.41. The van der Waals surface area contributed by atoms with E-state index in [2.05, 4.69) is 4.98 Å². The second-order valence-electron chi connectivity index (χ2n) is 5.09. The minimum absolute atomic E-state index is 0.0222. The number of nitro benzene ring substituents is 1. The summed E-state index contributed by atoms with van der Waals surface area (Å²) in [4.78, 5) is 27.1. The van der Waals surface area contributed by atoms with E-state index in [4.69, 9.17) is 9.15 Å². The van der Waals surface area contributed by atoms with E-state index in [0.29, 0.717) is 11.1 Å². The number of fused-ring (bicyclic) bond motifs is 1. The molecule has 1 aromatic heterocycles. The van der Waals surface area contributed by atoms with Crippen molar-refractivity contribution in [2.24, 2.45) is 0 Å². The number of benzene rings is 2. The number of hydrogen-bond acceptors (Lipinski definition) is 7. The molecule has 0 N–H and O–H groups in total. The maximum Gasteiger partial charge on any atom is 0.310 e. The molecule has 1 atom stereocenters. The quantitative estimate of drug-likeness (QED) is 0.398. The Balaban J connectivity index is 2.00. The smallest absolute Gasteiger partial charge is 0.310 e. The zero-order valence-electron chi connectivity index (χ0n) is 13.0. The molecule has 25 heavy (non-hydrogen) atoms. The van der Waals surface area contributed by atoms with Crippen molar-refractivity contribution in [3.63, 3.8) is 0 Å². The van der Waals surface area contributed by atoms with Crippen molar-refractivity contribution in [2.45, 2.75) is 5.92 Å². The molecule has 2 aromatic carbocycles. The highest BCUT2D eigenvalue weighted by atomic mass is 16.6. The zero-order chi connectivity index (χ0) is 18.0. The number of aromatic nitrogens is 1. The summed E-state index contributed by atoms with van der Waals surface area (Å²) in [6.07, 6.45) is 0. The van der Waals surface area contributed by atoms with Crippen LogP contribution in [0.3, 0.4) is 0 Å². The van der Waals surface area contributed by atoms with Crippen molar-refractivity contribution < 1.29 is 18.9 Å². The van der Waals surface area contributed by atoms with Crippen LogP contribution in [0.15, 0.2) is 46.9 Å². The summed E-state index contributed by atoms with van der Waals surface area (Å²) in [6, 6.07) is 12.4. The summed E-state index contributed by atoms with van der Waals surface area (Å²) < 4.78 is 10.4. The van der Waals surface area contributed by atoms with Crippen LogP contribution >= 0.6 is 0 Å². The number of ether oxygens (including phenoxy) is 1. The van der Waals surface area contributed by atoms with Crippen molar-refractivity contribution in [3.05, 3.63) is 64.0 Å². The molecule has 8 nitrogen and oxygen atoms in total. The lowest BCUT2D eigenvalue weighted by Crippen LogP contribution is -2.12. The Morgan fingerprint density at radius 3 is 2.76 bits per heavy atom. The van der Waals surface area contributed by atoms with Crippen molar-refractivity contribution in [1.29, 1.82) is 5.26 Å². The van der Waals surface area contributed by atoms with Crippen LogP contribution in [-0.2, 0) is 0 Å². The maximum absolute atomic E-state index is 12.7. The fourth-order valence-corrected chi connectivity index (χ4v) is 2.39. The average molecular weight is 337 g/mol. The topological polar surface area (TPSA) is 119 Å². The molecule has 3 aromatic rings. The van der Waals surface area contributed by atoms with Crippen LogP contribution in [0.1, 0.15) is 22.2 Å². The Morgan fingerprint density at radius 1 is 1.36 bits per heavy atom. The Hall–Kier alpha value is -3.73. The molecule has 0 aliphatic rings. The normalized spacial score (nSPS) is 11.7. The number of para-hydroxylation sites is 2. The van der Waals surface area contributed by atoms with E-state index in [1.807, 2.05) is 6.07 Å². The standard InChI is InChI=1S/C17H11N3O5/c1-24-15-8-10(6-7-13(15)20(22)23)16(21)11(9-18)17-19-12-4-2-3-5-14(12)25-17/h2-8,11H,1H3/t11-/m1/s1. The molecule has 0 unspecified atom stereocenters. The van der Waals surface area contributed by atoms with Crippen molar-refractivity contribution in [3.8, 4) is 11.8 Å². The predicted molar refractivity (Wildman–Crippen MR) is 86.3 cm³/mol. The van der Waals surface area contributed by atoms with Crippen LogP contribution < -0.4 is 4.74 Å². The van der Waals surface area contributed by atoms with Gasteiger partial charge in [0.25, 0.3) is 0 Å². The summed E-state index contributed by atoms with van der Waals surface area (Å²) in [5.41, 5.74) is 0.823. The number of nitrogens with zero attached hydrogens (tertiary/aromatic N) is 3. The van der Waals surface area contributed by atoms with E-state index in [1.165, 1.54) is 19.2 Å². The van der Waals surface area contributed by atoms with E-state index >= 15 is 0 Å². The van der Waals surface area contributed by atoms with Gasteiger partial charge >= 0.3 is 5.69 Å². The molecule has 3 rings (SSSR count). The van der Waals surface area contributed by atoms with E-state index in [1.54, 1.807) is 24.3 Å². The van der Waals surface area contributed by atoms with Gasteiger partial charge in [0.15, 0.2) is 23.0 Å². The lowest BCUT2D eigenvalue weighted by Gasteiger charge is -2.07. The van der Waals surface area contributed by atoms with Gasteiger partial charge in [0.2, 0.25) is 5.89 Å². The lowest BCUT2D eigenvalue weighted by molar-refractivity contribution is -0.385. The van der Waals surface area contributed by atoms with E-state index in [9.17, 15) is 20.2 Å². The molecule has 0 saturated heterocycles. The largest absolute Gasteiger partial charge is 0.490 e. The summed E-state index contributed by atoms with van der Waals surface area (Å²) in [5.74, 6) is -1.93. The van der Waals surface area contributed by atoms with Gasteiger partial charge in [-0.2, -0.15) is 5.26 Å². The van der Waals surface area contributed by atoms with Gasteiger partial charge < -0.3 is 9.15 Å². The summed E-state index contributed by atoms with van der Waals surface area (Å²) in [6.45, 7) is 0. The van der Waals surface area contributed by atoms with Gasteiger partial charge in [0, 0.05) is 11.6 Å². The summed E-state index contributed by atoms with van der Waals surface area (Å²) in [7, 11) is 1.26. The van der Waals surface area contributed by atoms with Gasteiger partial charge in [0.05, 0.1) is 18.1 Å². The number of hydrogen-bond donors (Lipinski definition) is 0. The highest BCUT2D eigenvalue weighted by molar-refractivity contribution is 6.03. The molecule has 8 heteroatoms. The molecule has 0 spiro atoms. The molecular formula is C17H11N3O5. The zero-order valence-corrected chi connectivity index (χ0v) is 13.0. The number of ketones is 1. The van der Waals surface area contributed by atoms with Gasteiger partial charge in [-0.1, -0.05) is 12.1 Å². The number of nitriles is 1. The first-order valence-corrected chi connectivity index (χ1v) is 7.17. The third-order valence-corrected chi connectivity index (χ3v) is 3.61. The van der Waals surface area contributed by atoms with Crippen molar-refractivity contribution >= 4 is 22.6 Å². The van der Waals surface area contributed by atoms with Crippen LogP contribution in [-0.4, -0.2) is 22.8 Å². The summed E-state index contributed by atoms with van der Waals surface area (Å²) >= 11 is 0. The number of nitro groups is 1. The number of carbonyl (C=O) groups excluding carboxylic acids is 1. The van der Waals surface area contributed by atoms with Crippen molar-refractivity contribution in [1.82, 2.24) is 4.98 Å². The molecule has 1 heterocycles. The van der Waals surface area contributed by atoms with Crippen molar-refractivity contribution in [2.75, 3.05) is 7.11 Å². The van der Waals surface area contributed by atoms with Gasteiger partial charge in [-0.3, -0.25) is 14.9 Å². The number of Topliss-reactive ketones (excluding diaryl/α,β-unsaturated/α-hetero) is 1. The lowest BCUT2D eigenvalue weighted by atomic mass is 9.98. The molecule has 0 saturated carbocycles. The number of carbonyl (C=O) groups is 1. The first kappa shape index (κ1) is 16.1. The minimum atomic E-state index is -1.27. The molecule has 0 aliphatic carbocycles. The van der Waals surface area contributed by atoms with Crippen LogP contribution in [0.5, 0.6) is 5.75 Å². The SMILES string of the molecule is COc1cc(C(=O)[C@@H](C#N)c2nc3ccccc3o2)ccc1[N+](=O)[O-]. The molecule has 0 radical (unpaired) electrons. The Kier molecular flexibility index (Phi) is 4.14. The average Bonchev–Trinajstić information content (AvgIpc) is 3.05. The van der Waals surface area contributed by atoms with E-state index in [0.717, 1.165) is 6.07 Å². The summed E-state index contributed by atoms with van der Waals surface area (Å²) in [5, 5.41) is 20.3. The monoisotopic (exact) mass is 337 g/mol. The number of rotatable bonds is 5. The van der Waals surface area contributed by atoms with E-state index in [-0.39, 0.29) is 22.9 Å². The third-order valence-electron chi connectivity index (χ3n) is 3.61. The molecule has 0 fully saturated rings. The van der Waals surface area contributed by atoms with E-state index < -0.39 is 16.6 Å². The van der Waals surface area contributed by atoms with Gasteiger partial charge in [-0.05, 0) is 24.3 Å². The van der Waals surface area contributed by atoms with Crippen LogP contribution in [0.4, 0.5) is 5.69 Å². The molecule has 0 amide bonds. The van der Waals surface area contributed by atoms with Crippen LogP contribution in [0.25, 0.3) is 11.1 Å². The highest BCUT2D eigenvalue weighted by Crippen LogP contribution is 2.30. The molecule has 0 aliphatic heterocycles. The predicted octanol–water partition coefficient (Wildman–Crippen LogP) is 3.23.